The summed E-state index contributed by atoms with van der Waals surface area (Å²) in [4.78, 5) is 12.1. The summed E-state index contributed by atoms with van der Waals surface area (Å²) >= 11 is 0. The third kappa shape index (κ3) is 4.08. The third-order valence-corrected chi connectivity index (χ3v) is 6.33. The summed E-state index contributed by atoms with van der Waals surface area (Å²) in [6, 6.07) is 9.33. The number of alkyl halides is 3. The van der Waals surface area contributed by atoms with E-state index in [1.807, 2.05) is 0 Å². The summed E-state index contributed by atoms with van der Waals surface area (Å²) in [6.07, 6.45) is -4.74. The van der Waals surface area contributed by atoms with Crippen LogP contribution in [0.3, 0.4) is 0 Å². The molecule has 0 bridgehead atoms. The minimum absolute atomic E-state index is 0.00522. The predicted octanol–water partition coefficient (Wildman–Crippen LogP) is 2.34. The van der Waals surface area contributed by atoms with Crippen molar-refractivity contribution in [2.45, 2.75) is 30.6 Å². The van der Waals surface area contributed by atoms with Crippen molar-refractivity contribution in [1.82, 2.24) is 9.62 Å². The highest BCUT2D eigenvalue weighted by atomic mass is 32.2. The molecule has 4 rings (SSSR count). The van der Waals surface area contributed by atoms with Crippen molar-refractivity contribution < 1.29 is 35.9 Å². The van der Waals surface area contributed by atoms with E-state index in [-0.39, 0.29) is 37.7 Å². The maximum atomic E-state index is 12.7. The molecule has 1 N–H and O–H groups in total. The molecule has 0 spiro atoms. The van der Waals surface area contributed by atoms with Gasteiger partial charge in [-0.05, 0) is 47.4 Å². The van der Waals surface area contributed by atoms with E-state index in [1.54, 1.807) is 24.3 Å². The Balaban J connectivity index is 1.49. The summed E-state index contributed by atoms with van der Waals surface area (Å²) in [6.45, 7) is -0.263. The molecule has 0 unspecified atom stereocenters. The van der Waals surface area contributed by atoms with Crippen LogP contribution in [0.2, 0.25) is 0 Å². The molecule has 0 aliphatic carbocycles. The monoisotopic (exact) mass is 442 g/mol. The number of rotatable bonds is 4. The van der Waals surface area contributed by atoms with Crippen molar-refractivity contribution in [2.75, 3.05) is 13.3 Å². The second-order valence-electron chi connectivity index (χ2n) is 6.92. The summed E-state index contributed by atoms with van der Waals surface area (Å²) in [5, 5.41) is 0. The van der Waals surface area contributed by atoms with Crippen molar-refractivity contribution in [3.8, 4) is 11.5 Å². The van der Waals surface area contributed by atoms with Crippen LogP contribution >= 0.6 is 0 Å². The fourth-order valence-electron chi connectivity index (χ4n) is 3.37. The number of nitrogens with zero attached hydrogens (tertiary/aromatic N) is 1. The topological polar surface area (TPSA) is 84.9 Å². The number of benzene rings is 2. The standard InChI is InChI=1S/C19H17F3N2O5S/c20-19(21,22)18(25)24-6-5-13-2-3-15(8-14(13)10-24)30(26,27)23-9-12-1-4-16-17(7-12)29-11-28-16/h1-4,7-8,23H,5-6,9-11H2. The molecule has 160 valence electrons. The van der Waals surface area contributed by atoms with Gasteiger partial charge in [0.2, 0.25) is 16.8 Å². The number of fused-ring (bicyclic) bond motifs is 2. The Morgan fingerprint density at radius 1 is 1.07 bits per heavy atom. The van der Waals surface area contributed by atoms with Crippen LogP contribution in [-0.4, -0.2) is 38.7 Å². The van der Waals surface area contributed by atoms with Crippen LogP contribution in [0.5, 0.6) is 11.5 Å². The molecule has 2 aromatic rings. The van der Waals surface area contributed by atoms with Crippen molar-refractivity contribution in [3.05, 3.63) is 53.1 Å². The average molecular weight is 442 g/mol. The number of hydrogen-bond acceptors (Lipinski definition) is 5. The Bertz CT molecular complexity index is 1100. The van der Waals surface area contributed by atoms with Crippen molar-refractivity contribution in [1.29, 1.82) is 0 Å². The average Bonchev–Trinajstić information content (AvgIpc) is 3.18. The van der Waals surface area contributed by atoms with Gasteiger partial charge in [0, 0.05) is 19.6 Å². The van der Waals surface area contributed by atoms with Gasteiger partial charge < -0.3 is 14.4 Å². The number of amides is 1. The molecule has 11 heteroatoms. The predicted molar refractivity (Wildman–Crippen MR) is 98.2 cm³/mol. The second-order valence-corrected chi connectivity index (χ2v) is 8.68. The summed E-state index contributed by atoms with van der Waals surface area (Å²) < 4.78 is 76.4. The first-order valence-electron chi connectivity index (χ1n) is 8.99. The first kappa shape index (κ1) is 20.5. The van der Waals surface area contributed by atoms with Gasteiger partial charge in [-0.25, -0.2) is 13.1 Å². The van der Waals surface area contributed by atoms with E-state index in [0.717, 1.165) is 5.56 Å². The lowest BCUT2D eigenvalue weighted by Crippen LogP contribution is -2.43. The molecule has 0 saturated heterocycles. The van der Waals surface area contributed by atoms with Crippen LogP contribution in [0.15, 0.2) is 41.3 Å². The highest BCUT2D eigenvalue weighted by molar-refractivity contribution is 7.89. The second kappa shape index (κ2) is 7.47. The molecular formula is C19H17F3N2O5S. The van der Waals surface area contributed by atoms with Gasteiger partial charge >= 0.3 is 12.1 Å². The molecule has 2 aromatic carbocycles. The highest BCUT2D eigenvalue weighted by Gasteiger charge is 2.43. The van der Waals surface area contributed by atoms with Gasteiger partial charge in [0.1, 0.15) is 0 Å². The summed E-state index contributed by atoms with van der Waals surface area (Å²) in [5.41, 5.74) is 1.75. The van der Waals surface area contributed by atoms with E-state index in [1.165, 1.54) is 12.1 Å². The fourth-order valence-corrected chi connectivity index (χ4v) is 4.43. The molecule has 30 heavy (non-hydrogen) atoms. The van der Waals surface area contributed by atoms with Gasteiger partial charge in [-0.15, -0.1) is 0 Å². The zero-order valence-corrected chi connectivity index (χ0v) is 16.3. The normalized spacial score (nSPS) is 15.8. The van der Waals surface area contributed by atoms with Crippen molar-refractivity contribution >= 4 is 15.9 Å². The van der Waals surface area contributed by atoms with Gasteiger partial charge in [-0.2, -0.15) is 13.2 Å². The molecule has 7 nitrogen and oxygen atoms in total. The number of sulfonamides is 1. The van der Waals surface area contributed by atoms with Gasteiger partial charge in [0.15, 0.2) is 11.5 Å². The minimum Gasteiger partial charge on any atom is -0.454 e. The van der Waals surface area contributed by atoms with Crippen LogP contribution in [0, 0.1) is 0 Å². The number of hydrogen-bond donors (Lipinski definition) is 1. The molecule has 0 aromatic heterocycles. The Labute approximate surface area is 170 Å². The lowest BCUT2D eigenvalue weighted by atomic mass is 10.00. The fraction of sp³-hybridized carbons (Fsp3) is 0.316. The van der Waals surface area contributed by atoms with Crippen LogP contribution in [0.1, 0.15) is 16.7 Å². The van der Waals surface area contributed by atoms with E-state index < -0.39 is 22.1 Å². The van der Waals surface area contributed by atoms with Crippen molar-refractivity contribution in [3.63, 3.8) is 0 Å². The van der Waals surface area contributed by atoms with Crippen LogP contribution < -0.4 is 14.2 Å². The van der Waals surface area contributed by atoms with E-state index in [0.29, 0.717) is 27.5 Å². The minimum atomic E-state index is -4.96. The SMILES string of the molecule is O=C(N1CCc2ccc(S(=O)(=O)NCc3ccc4c(c3)OCO4)cc2C1)C(F)(F)F. The molecule has 2 aliphatic rings. The summed E-state index contributed by atoms with van der Waals surface area (Å²) in [7, 11) is -3.92. The zero-order valence-electron chi connectivity index (χ0n) is 15.5. The lowest BCUT2D eigenvalue weighted by Gasteiger charge is -2.29. The van der Waals surface area contributed by atoms with Crippen LogP contribution in [0.4, 0.5) is 13.2 Å². The molecule has 2 heterocycles. The van der Waals surface area contributed by atoms with E-state index in [2.05, 4.69) is 4.72 Å². The van der Waals surface area contributed by atoms with Gasteiger partial charge in [-0.3, -0.25) is 4.79 Å². The van der Waals surface area contributed by atoms with Crippen LogP contribution in [0.25, 0.3) is 0 Å². The Kier molecular flexibility index (Phi) is 5.10. The highest BCUT2D eigenvalue weighted by Crippen LogP contribution is 2.32. The number of ether oxygens (including phenoxy) is 2. The molecule has 2 aliphatic heterocycles. The number of carbonyl (C=O) groups excluding carboxylic acids is 1. The first-order valence-corrected chi connectivity index (χ1v) is 10.5. The first-order chi connectivity index (χ1) is 14.1. The van der Waals surface area contributed by atoms with E-state index in [4.69, 9.17) is 9.47 Å². The third-order valence-electron chi connectivity index (χ3n) is 4.93. The lowest BCUT2D eigenvalue weighted by molar-refractivity contribution is -0.186. The maximum absolute atomic E-state index is 12.7. The van der Waals surface area contributed by atoms with E-state index in [9.17, 15) is 26.4 Å². The quantitative estimate of drug-likeness (QED) is 0.786. The Hall–Kier alpha value is -2.79. The number of nitrogens with one attached hydrogen (secondary N) is 1. The van der Waals surface area contributed by atoms with Gasteiger partial charge in [-0.1, -0.05) is 12.1 Å². The molecule has 0 fully saturated rings. The Morgan fingerprint density at radius 3 is 2.60 bits per heavy atom. The van der Waals surface area contributed by atoms with Gasteiger partial charge in [0.25, 0.3) is 0 Å². The summed E-state index contributed by atoms with van der Waals surface area (Å²) in [5.74, 6) is -0.827. The van der Waals surface area contributed by atoms with Crippen LogP contribution in [-0.2, 0) is 34.3 Å². The van der Waals surface area contributed by atoms with Gasteiger partial charge in [0.05, 0.1) is 4.90 Å². The smallest absolute Gasteiger partial charge is 0.454 e. The molecule has 0 saturated carbocycles. The molecule has 0 radical (unpaired) electrons. The molecule has 0 atom stereocenters. The number of halogens is 3. The van der Waals surface area contributed by atoms with E-state index >= 15 is 0 Å². The molecule has 1 amide bonds. The van der Waals surface area contributed by atoms with Crippen molar-refractivity contribution in [2.24, 2.45) is 0 Å². The largest absolute Gasteiger partial charge is 0.471 e. The molecular weight excluding hydrogens is 425 g/mol. The zero-order chi connectivity index (χ0) is 21.5. The number of carbonyl (C=O) groups is 1. The Morgan fingerprint density at radius 2 is 1.83 bits per heavy atom. The maximum Gasteiger partial charge on any atom is 0.471 e.